The molecule has 0 N–H and O–H groups in total. The molecule has 0 unspecified atom stereocenters. The Morgan fingerprint density at radius 1 is 1.09 bits per heavy atom. The third-order valence-corrected chi connectivity index (χ3v) is 5.91. The standard InChI is InChI=1S/C15H22N2O5S/c1-16(4-5-17-6-8-20-9-7-17)23(18,19)13-2-3-14-15(12-13)22-11-10-21-14/h2-3,12H,4-11H2,1H3. The van der Waals surface area contributed by atoms with E-state index in [9.17, 15) is 8.42 Å². The van der Waals surface area contributed by atoms with E-state index in [1.165, 1.54) is 10.4 Å². The average Bonchev–Trinajstić information content (AvgIpc) is 2.60. The van der Waals surface area contributed by atoms with Crippen LogP contribution in [0.15, 0.2) is 23.1 Å². The maximum atomic E-state index is 12.7. The molecule has 0 radical (unpaired) electrons. The highest BCUT2D eigenvalue weighted by atomic mass is 32.2. The Balaban J connectivity index is 1.67. The van der Waals surface area contributed by atoms with Gasteiger partial charge in [0.25, 0.3) is 0 Å². The molecule has 0 atom stereocenters. The number of rotatable bonds is 5. The van der Waals surface area contributed by atoms with Crippen LogP contribution in [0.4, 0.5) is 0 Å². The molecule has 0 saturated carbocycles. The van der Waals surface area contributed by atoms with Crippen molar-refractivity contribution in [3.05, 3.63) is 18.2 Å². The topological polar surface area (TPSA) is 68.3 Å². The zero-order valence-corrected chi connectivity index (χ0v) is 14.0. The van der Waals surface area contributed by atoms with Gasteiger partial charge in [-0.2, -0.15) is 4.31 Å². The van der Waals surface area contributed by atoms with Crippen molar-refractivity contribution in [2.24, 2.45) is 0 Å². The smallest absolute Gasteiger partial charge is 0.242 e. The monoisotopic (exact) mass is 342 g/mol. The van der Waals surface area contributed by atoms with Gasteiger partial charge < -0.3 is 14.2 Å². The largest absolute Gasteiger partial charge is 0.486 e. The van der Waals surface area contributed by atoms with Gasteiger partial charge in [-0.3, -0.25) is 4.90 Å². The van der Waals surface area contributed by atoms with Gasteiger partial charge in [-0.05, 0) is 12.1 Å². The molecule has 7 nitrogen and oxygen atoms in total. The fourth-order valence-electron chi connectivity index (χ4n) is 2.59. The lowest BCUT2D eigenvalue weighted by molar-refractivity contribution is 0.0368. The van der Waals surface area contributed by atoms with E-state index < -0.39 is 10.0 Å². The maximum absolute atomic E-state index is 12.7. The van der Waals surface area contributed by atoms with Crippen LogP contribution in [0, 0.1) is 0 Å². The summed E-state index contributed by atoms with van der Waals surface area (Å²) in [6, 6.07) is 4.75. The van der Waals surface area contributed by atoms with Gasteiger partial charge in [-0.1, -0.05) is 0 Å². The van der Waals surface area contributed by atoms with Gasteiger partial charge in [0, 0.05) is 39.3 Å². The SMILES string of the molecule is CN(CCN1CCOCC1)S(=O)(=O)c1ccc2c(c1)OCCO2. The zero-order valence-electron chi connectivity index (χ0n) is 13.2. The number of ether oxygens (including phenoxy) is 3. The van der Waals surface area contributed by atoms with Crippen LogP contribution in [0.2, 0.25) is 0 Å². The number of hydrogen-bond acceptors (Lipinski definition) is 6. The summed E-state index contributed by atoms with van der Waals surface area (Å²) in [7, 11) is -1.93. The van der Waals surface area contributed by atoms with Crippen LogP contribution in [-0.4, -0.2) is 77.3 Å². The molecule has 2 aliphatic heterocycles. The fourth-order valence-corrected chi connectivity index (χ4v) is 3.77. The lowest BCUT2D eigenvalue weighted by Gasteiger charge is -2.28. The molecule has 23 heavy (non-hydrogen) atoms. The molecule has 1 saturated heterocycles. The Hall–Kier alpha value is -1.35. The van der Waals surface area contributed by atoms with Crippen LogP contribution >= 0.6 is 0 Å². The van der Waals surface area contributed by atoms with Crippen molar-refractivity contribution in [1.82, 2.24) is 9.21 Å². The molecule has 128 valence electrons. The summed E-state index contributed by atoms with van der Waals surface area (Å²) >= 11 is 0. The molecule has 2 aliphatic rings. The summed E-state index contributed by atoms with van der Waals surface area (Å²) in [5.74, 6) is 1.07. The maximum Gasteiger partial charge on any atom is 0.242 e. The predicted octanol–water partition coefficient (Wildman–Crippen LogP) is 0.410. The first-order valence-electron chi connectivity index (χ1n) is 7.73. The lowest BCUT2D eigenvalue weighted by Crippen LogP contribution is -2.41. The van der Waals surface area contributed by atoms with E-state index in [1.807, 2.05) is 0 Å². The van der Waals surface area contributed by atoms with Crippen LogP contribution < -0.4 is 9.47 Å². The lowest BCUT2D eigenvalue weighted by atomic mass is 10.3. The molecular weight excluding hydrogens is 320 g/mol. The van der Waals surface area contributed by atoms with Crippen LogP contribution in [0.25, 0.3) is 0 Å². The minimum atomic E-state index is -3.53. The van der Waals surface area contributed by atoms with Crippen molar-refractivity contribution in [3.8, 4) is 11.5 Å². The van der Waals surface area contributed by atoms with E-state index in [4.69, 9.17) is 14.2 Å². The van der Waals surface area contributed by atoms with E-state index in [0.29, 0.717) is 51.0 Å². The molecule has 1 aromatic carbocycles. The molecule has 0 amide bonds. The predicted molar refractivity (Wildman–Crippen MR) is 84.5 cm³/mol. The summed E-state index contributed by atoms with van der Waals surface area (Å²) in [5, 5.41) is 0. The first-order chi connectivity index (χ1) is 11.1. The molecule has 8 heteroatoms. The van der Waals surface area contributed by atoms with Crippen LogP contribution in [-0.2, 0) is 14.8 Å². The van der Waals surface area contributed by atoms with Crippen LogP contribution in [0.3, 0.4) is 0 Å². The van der Waals surface area contributed by atoms with Crippen molar-refractivity contribution in [2.45, 2.75) is 4.90 Å². The molecule has 1 aromatic rings. The number of nitrogens with zero attached hydrogens (tertiary/aromatic N) is 2. The number of morpholine rings is 1. The summed E-state index contributed by atoms with van der Waals surface area (Å²) in [6.07, 6.45) is 0. The second-order valence-corrected chi connectivity index (χ2v) is 7.63. The van der Waals surface area contributed by atoms with Gasteiger partial charge in [-0.15, -0.1) is 0 Å². The van der Waals surface area contributed by atoms with Gasteiger partial charge in [0.05, 0.1) is 18.1 Å². The minimum absolute atomic E-state index is 0.228. The number of sulfonamides is 1. The van der Waals surface area contributed by atoms with Crippen molar-refractivity contribution >= 4 is 10.0 Å². The molecule has 1 fully saturated rings. The summed E-state index contributed by atoms with van der Waals surface area (Å²) in [4.78, 5) is 2.44. The van der Waals surface area contributed by atoms with Gasteiger partial charge in [0.1, 0.15) is 13.2 Å². The quantitative estimate of drug-likeness (QED) is 0.772. The van der Waals surface area contributed by atoms with E-state index in [0.717, 1.165) is 13.1 Å². The number of benzene rings is 1. The first kappa shape index (κ1) is 16.5. The van der Waals surface area contributed by atoms with Crippen LogP contribution in [0.5, 0.6) is 11.5 Å². The van der Waals surface area contributed by atoms with Gasteiger partial charge >= 0.3 is 0 Å². The van der Waals surface area contributed by atoms with E-state index in [1.54, 1.807) is 19.2 Å². The molecule has 0 bridgehead atoms. The van der Waals surface area contributed by atoms with Crippen LogP contribution in [0.1, 0.15) is 0 Å². The summed E-state index contributed by atoms with van der Waals surface area (Å²) in [6.45, 7) is 5.16. The van der Waals surface area contributed by atoms with Crippen molar-refractivity contribution < 1.29 is 22.6 Å². The highest BCUT2D eigenvalue weighted by molar-refractivity contribution is 7.89. The fraction of sp³-hybridized carbons (Fsp3) is 0.600. The van der Waals surface area contributed by atoms with E-state index >= 15 is 0 Å². The van der Waals surface area contributed by atoms with E-state index in [2.05, 4.69) is 4.90 Å². The third kappa shape index (κ3) is 3.77. The zero-order chi connectivity index (χ0) is 16.3. The van der Waals surface area contributed by atoms with Crippen molar-refractivity contribution in [3.63, 3.8) is 0 Å². The Morgan fingerprint density at radius 2 is 1.78 bits per heavy atom. The molecule has 2 heterocycles. The molecule has 3 rings (SSSR count). The molecule has 0 spiro atoms. The van der Waals surface area contributed by atoms with E-state index in [-0.39, 0.29) is 4.90 Å². The third-order valence-electron chi connectivity index (χ3n) is 4.06. The molecule has 0 aliphatic carbocycles. The number of likely N-dealkylation sites (N-methyl/N-ethyl adjacent to an activating group) is 1. The Labute approximate surface area is 136 Å². The number of fused-ring (bicyclic) bond motifs is 1. The molecular formula is C15H22N2O5S. The Bertz CT molecular complexity index is 643. The van der Waals surface area contributed by atoms with Crippen molar-refractivity contribution in [2.75, 3.05) is 59.7 Å². The second kappa shape index (κ2) is 7.04. The second-order valence-electron chi connectivity index (χ2n) is 5.59. The van der Waals surface area contributed by atoms with Crippen molar-refractivity contribution in [1.29, 1.82) is 0 Å². The normalized spacial score (nSPS) is 19.0. The Kier molecular flexibility index (Phi) is 5.05. The highest BCUT2D eigenvalue weighted by Gasteiger charge is 2.24. The minimum Gasteiger partial charge on any atom is -0.486 e. The number of hydrogen-bond donors (Lipinski definition) is 0. The van der Waals surface area contributed by atoms with Gasteiger partial charge in [0.2, 0.25) is 10.0 Å². The molecule has 0 aromatic heterocycles. The summed E-state index contributed by atoms with van der Waals surface area (Å²) in [5.41, 5.74) is 0. The summed E-state index contributed by atoms with van der Waals surface area (Å²) < 4.78 is 42.9. The highest BCUT2D eigenvalue weighted by Crippen LogP contribution is 2.32. The van der Waals surface area contributed by atoms with Gasteiger partial charge in [-0.25, -0.2) is 8.42 Å². The first-order valence-corrected chi connectivity index (χ1v) is 9.17. The average molecular weight is 342 g/mol. The Morgan fingerprint density at radius 3 is 2.52 bits per heavy atom. The van der Waals surface area contributed by atoms with Gasteiger partial charge in [0.15, 0.2) is 11.5 Å².